The Hall–Kier alpha value is -2.26. The molecule has 0 bridgehead atoms. The minimum Gasteiger partial charge on any atom is -0.398 e. The van der Waals surface area contributed by atoms with Crippen molar-refractivity contribution in [2.75, 3.05) is 12.3 Å². The second-order valence-electron chi connectivity index (χ2n) is 9.41. The maximum atomic E-state index is 12.6. The van der Waals surface area contributed by atoms with Gasteiger partial charge >= 0.3 is 16.0 Å². The van der Waals surface area contributed by atoms with Gasteiger partial charge < -0.3 is 4.42 Å². The first-order chi connectivity index (χ1) is 18.0. The Morgan fingerprint density at radius 1 is 1.11 bits per heavy atom. The lowest BCUT2D eigenvalue weighted by molar-refractivity contribution is -0.677. The molecule has 13 heteroatoms. The Bertz CT molecular complexity index is 1870. The molecule has 1 saturated heterocycles. The molecule has 0 amide bonds. The summed E-state index contributed by atoms with van der Waals surface area (Å²) < 4.78 is 76.1. The fourth-order valence-corrected chi connectivity index (χ4v) is 8.93. The Kier molecular flexibility index (Phi) is 6.26. The van der Waals surface area contributed by atoms with E-state index < -0.39 is 31.4 Å². The van der Waals surface area contributed by atoms with Gasteiger partial charge in [0.25, 0.3) is 15.6 Å². The van der Waals surface area contributed by atoms with E-state index in [0.717, 1.165) is 25.8 Å². The van der Waals surface area contributed by atoms with Crippen LogP contribution in [0.3, 0.4) is 0 Å². The van der Waals surface area contributed by atoms with Crippen molar-refractivity contribution in [2.24, 2.45) is 0 Å². The molecule has 2 unspecified atom stereocenters. The fraction of sp³-hybridized carbons (Fsp3) is 0.240. The number of aromatic nitrogens is 1. The molecule has 198 valence electrons. The van der Waals surface area contributed by atoms with E-state index in [9.17, 15) is 25.9 Å². The van der Waals surface area contributed by atoms with E-state index >= 15 is 0 Å². The van der Waals surface area contributed by atoms with Gasteiger partial charge in [-0.05, 0) is 41.4 Å². The molecule has 2 aliphatic rings. The number of hydrogen-bond acceptors (Lipinski definition) is 6. The van der Waals surface area contributed by atoms with Crippen LogP contribution in [0.2, 0.25) is 0 Å². The van der Waals surface area contributed by atoms with E-state index in [1.165, 1.54) is 11.8 Å². The molecule has 0 aliphatic carbocycles. The summed E-state index contributed by atoms with van der Waals surface area (Å²) in [4.78, 5) is 0.903. The van der Waals surface area contributed by atoms with Gasteiger partial charge in [0.15, 0.2) is 17.3 Å². The van der Waals surface area contributed by atoms with Crippen molar-refractivity contribution in [1.82, 2.24) is 4.48 Å². The molecule has 1 fully saturated rings. The molecular formula is C25H23BrN2O7S3+2. The molecule has 38 heavy (non-hydrogen) atoms. The lowest BCUT2D eigenvalue weighted by Gasteiger charge is -2.47. The number of fused-ring (bicyclic) bond motifs is 5. The van der Waals surface area contributed by atoms with Gasteiger partial charge in [-0.1, -0.05) is 40.2 Å². The fourth-order valence-electron chi connectivity index (χ4n) is 5.48. The zero-order chi connectivity index (χ0) is 26.9. The van der Waals surface area contributed by atoms with E-state index in [0.29, 0.717) is 35.0 Å². The number of thioether (sulfide) groups is 1. The number of halogens is 1. The first kappa shape index (κ1) is 26.0. The van der Waals surface area contributed by atoms with Gasteiger partial charge in [0.2, 0.25) is 11.0 Å². The second-order valence-corrected chi connectivity index (χ2v) is 14.5. The lowest BCUT2D eigenvalue weighted by atomic mass is 10.0. The predicted octanol–water partition coefficient (Wildman–Crippen LogP) is 4.94. The Morgan fingerprint density at radius 2 is 1.89 bits per heavy atom. The predicted molar refractivity (Wildman–Crippen MR) is 150 cm³/mol. The summed E-state index contributed by atoms with van der Waals surface area (Å²) >= 11 is 4.90. The SMILES string of the molecule is O=S(=O)(O)CCC[n+]1c(C=C2Sc3ccc4ccccc4c3[N+]23CCC3S(=O)(=O)O)oc2ccc(Br)cc21. The van der Waals surface area contributed by atoms with Crippen molar-refractivity contribution in [1.29, 1.82) is 0 Å². The summed E-state index contributed by atoms with van der Waals surface area (Å²) in [5, 5.41) is 1.52. The van der Waals surface area contributed by atoms with E-state index in [2.05, 4.69) is 15.9 Å². The second kappa shape index (κ2) is 9.15. The molecule has 1 spiro atoms. The first-order valence-electron chi connectivity index (χ1n) is 11.8. The summed E-state index contributed by atoms with van der Waals surface area (Å²) in [6.07, 6.45) is 2.24. The third-order valence-electron chi connectivity index (χ3n) is 7.16. The van der Waals surface area contributed by atoms with E-state index in [-0.39, 0.29) is 17.4 Å². The monoisotopic (exact) mass is 638 g/mol. The summed E-state index contributed by atoms with van der Waals surface area (Å²) in [6.45, 7) is 0.726. The van der Waals surface area contributed by atoms with E-state index in [1.807, 2.05) is 53.1 Å². The molecule has 4 aromatic rings. The molecule has 3 aromatic carbocycles. The molecule has 3 heterocycles. The molecule has 2 aliphatic heterocycles. The highest BCUT2D eigenvalue weighted by molar-refractivity contribution is 9.10. The lowest BCUT2D eigenvalue weighted by Crippen LogP contribution is -2.66. The van der Waals surface area contributed by atoms with Crippen LogP contribution in [0.25, 0.3) is 27.9 Å². The van der Waals surface area contributed by atoms with Crippen molar-refractivity contribution in [3.8, 4) is 0 Å². The standard InChI is InChI=1S/C25H21BrN2O7S3/c26-17-7-8-20-19(14-17)27(11-3-13-37(29,30)31)22(35-20)15-23-28(12-10-24(28)38(32,33)34)25-18-5-2-1-4-16(18)6-9-21(25)36-23/h1-2,4-9,14-15,24H,3,10-13H2/p+2. The number of quaternary nitrogens is 1. The molecule has 2 N–H and O–H groups in total. The Balaban J connectivity index is 1.55. The molecular weight excluding hydrogens is 616 g/mol. The van der Waals surface area contributed by atoms with Crippen molar-refractivity contribution in [3.63, 3.8) is 0 Å². The van der Waals surface area contributed by atoms with Crippen LogP contribution in [0.1, 0.15) is 18.7 Å². The van der Waals surface area contributed by atoms with E-state index in [4.69, 9.17) is 4.42 Å². The maximum Gasteiger partial charge on any atom is 0.380 e. The van der Waals surface area contributed by atoms with Crippen LogP contribution in [0.15, 0.2) is 73.4 Å². The highest BCUT2D eigenvalue weighted by Crippen LogP contribution is 2.60. The van der Waals surface area contributed by atoms with Gasteiger partial charge in [-0.15, -0.1) is 0 Å². The van der Waals surface area contributed by atoms with Crippen LogP contribution >= 0.6 is 27.7 Å². The quantitative estimate of drug-likeness (QED) is 0.173. The van der Waals surface area contributed by atoms with Crippen molar-refractivity contribution < 1.29 is 34.9 Å². The topological polar surface area (TPSA) is 126 Å². The van der Waals surface area contributed by atoms with Crippen molar-refractivity contribution in [3.05, 3.63) is 70.0 Å². The van der Waals surface area contributed by atoms with Gasteiger partial charge in [0, 0.05) is 22.3 Å². The minimum atomic E-state index is -4.39. The van der Waals surface area contributed by atoms with Crippen LogP contribution in [-0.2, 0) is 26.8 Å². The average Bonchev–Trinajstić information content (AvgIpc) is 3.33. The van der Waals surface area contributed by atoms with Crippen molar-refractivity contribution in [2.45, 2.75) is 29.7 Å². The summed E-state index contributed by atoms with van der Waals surface area (Å²) in [6, 6.07) is 17.2. The van der Waals surface area contributed by atoms with Crippen LogP contribution < -0.4 is 9.05 Å². The summed E-state index contributed by atoms with van der Waals surface area (Å²) in [5.41, 5.74) is 2.12. The molecule has 1 aromatic heterocycles. The van der Waals surface area contributed by atoms with Crippen LogP contribution in [-0.4, -0.2) is 43.6 Å². The number of oxazole rings is 1. The van der Waals surface area contributed by atoms with Gasteiger partial charge in [0.05, 0.1) is 23.6 Å². The van der Waals surface area contributed by atoms with E-state index in [1.54, 1.807) is 12.1 Å². The molecule has 6 rings (SSSR count). The number of aryl methyl sites for hydroxylation is 1. The summed E-state index contributed by atoms with van der Waals surface area (Å²) in [5.74, 6) is -0.000198. The third-order valence-corrected chi connectivity index (χ3v) is 10.9. The summed E-state index contributed by atoms with van der Waals surface area (Å²) in [7, 11) is -8.52. The minimum absolute atomic E-state index is 0.0358. The first-order valence-corrected chi connectivity index (χ1v) is 16.5. The number of benzene rings is 3. The number of nitrogens with zero attached hydrogens (tertiary/aromatic N) is 2. The third kappa shape index (κ3) is 4.30. The average molecular weight is 640 g/mol. The van der Waals surface area contributed by atoms with Gasteiger partial charge in [0.1, 0.15) is 6.08 Å². The van der Waals surface area contributed by atoms with Gasteiger partial charge in [-0.25, -0.2) is 4.48 Å². The Morgan fingerprint density at radius 3 is 2.61 bits per heavy atom. The van der Waals surface area contributed by atoms with Crippen molar-refractivity contribution >= 4 is 81.6 Å². The zero-order valence-electron chi connectivity index (χ0n) is 19.8. The van der Waals surface area contributed by atoms with Gasteiger partial charge in [-0.3, -0.25) is 9.11 Å². The number of hydrogen-bond donors (Lipinski definition) is 2. The molecule has 0 radical (unpaired) electrons. The number of rotatable bonds is 6. The van der Waals surface area contributed by atoms with Crippen LogP contribution in [0.5, 0.6) is 0 Å². The van der Waals surface area contributed by atoms with Gasteiger partial charge in [-0.2, -0.15) is 21.4 Å². The highest BCUT2D eigenvalue weighted by atomic mass is 79.9. The van der Waals surface area contributed by atoms with Crippen LogP contribution in [0, 0.1) is 0 Å². The zero-order valence-corrected chi connectivity index (χ0v) is 23.9. The highest BCUT2D eigenvalue weighted by Gasteiger charge is 2.62. The largest absolute Gasteiger partial charge is 0.398 e. The Labute approximate surface area is 232 Å². The van der Waals surface area contributed by atoms with Crippen LogP contribution in [0.4, 0.5) is 5.69 Å². The smallest absolute Gasteiger partial charge is 0.380 e. The molecule has 9 nitrogen and oxygen atoms in total. The normalized spacial score (nSPS) is 22.4. The maximum absolute atomic E-state index is 12.6. The molecule has 2 atom stereocenters. The molecule has 0 saturated carbocycles.